The Kier molecular flexibility index (Phi) is 6.50. The van der Waals surface area contributed by atoms with Crippen molar-refractivity contribution in [3.8, 4) is 0 Å². The van der Waals surface area contributed by atoms with E-state index < -0.39 is 34.5 Å². The SMILES string of the molecule is CC(C)(C)NC(=O)c1cc(C(F)(F)F)ccc1C(C(=O)C(C)(C)C)c1ccccc1. The zero-order valence-corrected chi connectivity index (χ0v) is 18.1. The van der Waals surface area contributed by atoms with E-state index in [-0.39, 0.29) is 16.9 Å². The van der Waals surface area contributed by atoms with Gasteiger partial charge < -0.3 is 5.32 Å². The predicted octanol–water partition coefficient (Wildman–Crippen LogP) is 5.98. The second kappa shape index (κ2) is 8.25. The Bertz CT molecular complexity index is 920. The molecule has 2 rings (SSSR count). The van der Waals surface area contributed by atoms with Crippen LogP contribution in [0, 0.1) is 5.41 Å². The highest BCUT2D eigenvalue weighted by Gasteiger charge is 2.37. The summed E-state index contributed by atoms with van der Waals surface area (Å²) in [5, 5.41) is 2.72. The van der Waals surface area contributed by atoms with Gasteiger partial charge in [-0.1, -0.05) is 57.2 Å². The molecule has 0 heterocycles. The van der Waals surface area contributed by atoms with Crippen molar-refractivity contribution in [3.05, 3.63) is 70.8 Å². The number of rotatable bonds is 4. The van der Waals surface area contributed by atoms with Gasteiger partial charge in [-0.15, -0.1) is 0 Å². The summed E-state index contributed by atoms with van der Waals surface area (Å²) in [4.78, 5) is 26.3. The Labute approximate surface area is 175 Å². The van der Waals surface area contributed by atoms with Gasteiger partial charge in [0.25, 0.3) is 5.91 Å². The quantitative estimate of drug-likeness (QED) is 0.663. The summed E-state index contributed by atoms with van der Waals surface area (Å²) in [5.74, 6) is -1.70. The summed E-state index contributed by atoms with van der Waals surface area (Å²) < 4.78 is 40.1. The number of benzene rings is 2. The number of ketones is 1. The van der Waals surface area contributed by atoms with Crippen LogP contribution in [0.2, 0.25) is 0 Å². The molecule has 0 bridgehead atoms. The molecule has 0 radical (unpaired) electrons. The molecule has 30 heavy (non-hydrogen) atoms. The van der Waals surface area contributed by atoms with Crippen molar-refractivity contribution in [1.29, 1.82) is 0 Å². The van der Waals surface area contributed by atoms with Crippen LogP contribution >= 0.6 is 0 Å². The normalized spacial score (nSPS) is 13.6. The molecule has 0 saturated heterocycles. The molecule has 0 aromatic heterocycles. The molecule has 1 unspecified atom stereocenters. The van der Waals surface area contributed by atoms with Crippen molar-refractivity contribution in [2.45, 2.75) is 59.2 Å². The number of carbonyl (C=O) groups is 2. The van der Waals surface area contributed by atoms with Gasteiger partial charge in [-0.25, -0.2) is 0 Å². The van der Waals surface area contributed by atoms with Crippen molar-refractivity contribution in [2.75, 3.05) is 0 Å². The van der Waals surface area contributed by atoms with E-state index in [4.69, 9.17) is 0 Å². The van der Waals surface area contributed by atoms with E-state index in [0.717, 1.165) is 12.1 Å². The fraction of sp³-hybridized carbons (Fsp3) is 0.417. The van der Waals surface area contributed by atoms with Crippen LogP contribution in [0.3, 0.4) is 0 Å². The van der Waals surface area contributed by atoms with Gasteiger partial charge in [0.15, 0.2) is 0 Å². The van der Waals surface area contributed by atoms with E-state index in [1.807, 2.05) is 0 Å². The largest absolute Gasteiger partial charge is 0.416 e. The lowest BCUT2D eigenvalue weighted by molar-refractivity contribution is -0.137. The number of amides is 1. The summed E-state index contributed by atoms with van der Waals surface area (Å²) in [6.07, 6.45) is -4.61. The topological polar surface area (TPSA) is 46.2 Å². The third-order valence-electron chi connectivity index (χ3n) is 4.56. The summed E-state index contributed by atoms with van der Waals surface area (Å²) in [6, 6.07) is 11.8. The molecule has 0 aliphatic heterocycles. The standard InChI is InChI=1S/C24H28F3NO2/c1-22(2,3)20(29)19(15-10-8-7-9-11-15)17-13-12-16(24(25,26)27)14-18(17)21(30)28-23(4,5)6/h7-14,19H,1-6H3,(H,28,30). The first-order valence-electron chi connectivity index (χ1n) is 9.74. The molecule has 1 amide bonds. The minimum atomic E-state index is -4.61. The first kappa shape index (κ1) is 23.6. The van der Waals surface area contributed by atoms with Crippen molar-refractivity contribution >= 4 is 11.7 Å². The molecular formula is C24H28F3NO2. The second-order valence-corrected chi connectivity index (χ2v) is 9.46. The lowest BCUT2D eigenvalue weighted by atomic mass is 9.75. The third kappa shape index (κ3) is 5.71. The van der Waals surface area contributed by atoms with Crippen LogP contribution < -0.4 is 5.32 Å². The number of carbonyl (C=O) groups excluding carboxylic acids is 2. The lowest BCUT2D eigenvalue weighted by Crippen LogP contribution is -2.41. The molecule has 2 aromatic carbocycles. The minimum absolute atomic E-state index is 0.147. The number of hydrogen-bond donors (Lipinski definition) is 1. The summed E-state index contributed by atoms with van der Waals surface area (Å²) in [7, 11) is 0. The van der Waals surface area contributed by atoms with E-state index in [1.165, 1.54) is 6.07 Å². The van der Waals surface area contributed by atoms with Crippen molar-refractivity contribution in [2.24, 2.45) is 5.41 Å². The molecule has 0 fully saturated rings. The molecule has 0 saturated carbocycles. The fourth-order valence-electron chi connectivity index (χ4n) is 3.14. The number of Topliss-reactive ketones (excluding diaryl/α,β-unsaturated/α-hetero) is 1. The molecule has 1 atom stereocenters. The number of hydrogen-bond acceptors (Lipinski definition) is 2. The number of halogens is 3. The molecule has 0 spiro atoms. The van der Waals surface area contributed by atoms with Crippen molar-refractivity contribution in [3.63, 3.8) is 0 Å². The van der Waals surface area contributed by atoms with Crippen LogP contribution in [0.1, 0.15) is 74.5 Å². The van der Waals surface area contributed by atoms with Crippen LogP contribution in [0.4, 0.5) is 13.2 Å². The molecule has 1 N–H and O–H groups in total. The van der Waals surface area contributed by atoms with Crippen molar-refractivity contribution in [1.82, 2.24) is 5.32 Å². The molecule has 0 aliphatic rings. The maximum absolute atomic E-state index is 13.4. The second-order valence-electron chi connectivity index (χ2n) is 9.46. The van der Waals surface area contributed by atoms with Crippen LogP contribution in [-0.4, -0.2) is 17.2 Å². The monoisotopic (exact) mass is 419 g/mol. The minimum Gasteiger partial charge on any atom is -0.347 e. The van der Waals surface area contributed by atoms with Gasteiger partial charge in [0.1, 0.15) is 5.78 Å². The molecule has 2 aromatic rings. The molecule has 162 valence electrons. The van der Waals surface area contributed by atoms with Crippen molar-refractivity contribution < 1.29 is 22.8 Å². The van der Waals surface area contributed by atoms with Gasteiger partial charge in [0.2, 0.25) is 0 Å². The highest BCUT2D eigenvalue weighted by molar-refractivity contribution is 6.01. The molecular weight excluding hydrogens is 391 g/mol. The maximum Gasteiger partial charge on any atom is 0.416 e. The number of nitrogens with one attached hydrogen (secondary N) is 1. The number of alkyl halides is 3. The van der Waals surface area contributed by atoms with E-state index in [0.29, 0.717) is 5.56 Å². The van der Waals surface area contributed by atoms with E-state index in [9.17, 15) is 22.8 Å². The van der Waals surface area contributed by atoms with Gasteiger partial charge in [0, 0.05) is 16.5 Å². The average Bonchev–Trinajstić information content (AvgIpc) is 2.60. The van der Waals surface area contributed by atoms with Gasteiger partial charge in [-0.2, -0.15) is 13.2 Å². The van der Waals surface area contributed by atoms with Crippen LogP contribution in [0.15, 0.2) is 48.5 Å². The smallest absolute Gasteiger partial charge is 0.347 e. The van der Waals surface area contributed by atoms with Crippen LogP contribution in [0.25, 0.3) is 0 Å². The lowest BCUT2D eigenvalue weighted by Gasteiger charge is -2.28. The first-order chi connectivity index (χ1) is 13.6. The summed E-state index contributed by atoms with van der Waals surface area (Å²) in [5.41, 5.74) is -1.61. The highest BCUT2D eigenvalue weighted by atomic mass is 19.4. The van der Waals surface area contributed by atoms with Gasteiger partial charge in [-0.05, 0) is 44.0 Å². The summed E-state index contributed by atoms with van der Waals surface area (Å²) in [6.45, 7) is 10.5. The Morgan fingerprint density at radius 2 is 1.43 bits per heavy atom. The zero-order chi connectivity index (χ0) is 22.9. The Hall–Kier alpha value is -2.63. The Morgan fingerprint density at radius 3 is 1.90 bits per heavy atom. The Morgan fingerprint density at radius 1 is 0.867 bits per heavy atom. The zero-order valence-electron chi connectivity index (χ0n) is 18.1. The average molecular weight is 419 g/mol. The van der Waals surface area contributed by atoms with E-state index >= 15 is 0 Å². The van der Waals surface area contributed by atoms with Gasteiger partial charge in [-0.3, -0.25) is 9.59 Å². The van der Waals surface area contributed by atoms with E-state index in [2.05, 4.69) is 5.32 Å². The Balaban J connectivity index is 2.76. The third-order valence-corrected chi connectivity index (χ3v) is 4.56. The maximum atomic E-state index is 13.4. The molecule has 0 aliphatic carbocycles. The van der Waals surface area contributed by atoms with Gasteiger partial charge in [0.05, 0.1) is 11.5 Å². The predicted molar refractivity (Wildman–Crippen MR) is 111 cm³/mol. The molecule has 3 nitrogen and oxygen atoms in total. The van der Waals surface area contributed by atoms with E-state index in [1.54, 1.807) is 71.9 Å². The summed E-state index contributed by atoms with van der Waals surface area (Å²) >= 11 is 0. The van der Waals surface area contributed by atoms with Gasteiger partial charge >= 0.3 is 6.18 Å². The molecule has 6 heteroatoms. The van der Waals surface area contributed by atoms with Crippen LogP contribution in [0.5, 0.6) is 0 Å². The first-order valence-corrected chi connectivity index (χ1v) is 9.74. The fourth-order valence-corrected chi connectivity index (χ4v) is 3.14. The van der Waals surface area contributed by atoms with Crippen LogP contribution in [-0.2, 0) is 11.0 Å². The highest BCUT2D eigenvalue weighted by Crippen LogP contribution is 2.37.